The van der Waals surface area contributed by atoms with Crippen LogP contribution in [0.3, 0.4) is 0 Å². The number of carbonyl (C=O) groups is 1. The van der Waals surface area contributed by atoms with Crippen molar-refractivity contribution in [2.45, 2.75) is 31.4 Å². The molecule has 23 heavy (non-hydrogen) atoms. The van der Waals surface area contributed by atoms with Gasteiger partial charge < -0.3 is 24.8 Å². The van der Waals surface area contributed by atoms with Crippen LogP contribution >= 0.6 is 0 Å². The summed E-state index contributed by atoms with van der Waals surface area (Å²) in [5.41, 5.74) is 0.145. The van der Waals surface area contributed by atoms with E-state index >= 15 is 0 Å². The molecular formula is C17H24N2O4. The van der Waals surface area contributed by atoms with Gasteiger partial charge in [-0.3, -0.25) is 0 Å². The SMILES string of the molecule is COCCOc1cccc(NC(=O)NC23CC2COC3(C)C)c1. The third kappa shape index (κ3) is 3.14. The van der Waals surface area contributed by atoms with Crippen LogP contribution in [0.5, 0.6) is 5.75 Å². The van der Waals surface area contributed by atoms with Crippen molar-refractivity contribution in [2.24, 2.45) is 5.92 Å². The Morgan fingerprint density at radius 2 is 2.22 bits per heavy atom. The molecule has 6 nitrogen and oxygen atoms in total. The van der Waals surface area contributed by atoms with Crippen LogP contribution in [-0.2, 0) is 9.47 Å². The normalized spacial score (nSPS) is 27.2. The molecule has 1 aliphatic heterocycles. The predicted octanol–water partition coefficient (Wildman–Crippen LogP) is 2.40. The minimum absolute atomic E-state index is 0.208. The molecule has 6 heteroatoms. The number of urea groups is 1. The zero-order valence-corrected chi connectivity index (χ0v) is 13.8. The second-order valence-corrected chi connectivity index (χ2v) is 6.64. The van der Waals surface area contributed by atoms with Crippen molar-refractivity contribution in [1.82, 2.24) is 5.32 Å². The van der Waals surface area contributed by atoms with Crippen molar-refractivity contribution >= 4 is 11.7 Å². The third-order valence-corrected chi connectivity index (χ3v) is 4.81. The molecule has 1 aromatic rings. The molecule has 2 fully saturated rings. The molecule has 2 amide bonds. The Kier molecular flexibility index (Phi) is 4.21. The molecule has 0 bridgehead atoms. The number of benzene rings is 1. The van der Waals surface area contributed by atoms with E-state index in [0.29, 0.717) is 30.6 Å². The molecule has 0 aromatic heterocycles. The molecule has 2 N–H and O–H groups in total. The van der Waals surface area contributed by atoms with E-state index in [-0.39, 0.29) is 17.2 Å². The maximum atomic E-state index is 12.3. The van der Waals surface area contributed by atoms with Crippen LogP contribution in [0, 0.1) is 5.92 Å². The summed E-state index contributed by atoms with van der Waals surface area (Å²) < 4.78 is 16.3. The maximum absolute atomic E-state index is 12.3. The zero-order valence-electron chi connectivity index (χ0n) is 13.8. The summed E-state index contributed by atoms with van der Waals surface area (Å²) in [6.45, 7) is 5.78. The van der Waals surface area contributed by atoms with Crippen LogP contribution < -0.4 is 15.4 Å². The fourth-order valence-corrected chi connectivity index (χ4v) is 3.28. The van der Waals surface area contributed by atoms with Crippen LogP contribution in [0.1, 0.15) is 20.3 Å². The molecule has 0 radical (unpaired) electrons. The second kappa shape index (κ2) is 6.02. The van der Waals surface area contributed by atoms with Gasteiger partial charge in [-0.2, -0.15) is 0 Å². The summed E-state index contributed by atoms with van der Waals surface area (Å²) >= 11 is 0. The topological polar surface area (TPSA) is 68.8 Å². The molecule has 1 aliphatic carbocycles. The first-order valence-corrected chi connectivity index (χ1v) is 7.92. The number of nitrogens with one attached hydrogen (secondary N) is 2. The molecule has 1 saturated heterocycles. The minimum Gasteiger partial charge on any atom is -0.491 e. The molecule has 126 valence electrons. The minimum atomic E-state index is -0.319. The molecule has 2 atom stereocenters. The third-order valence-electron chi connectivity index (χ3n) is 4.81. The lowest BCUT2D eigenvalue weighted by molar-refractivity contribution is -0.00667. The van der Waals surface area contributed by atoms with Crippen molar-refractivity contribution in [1.29, 1.82) is 0 Å². The lowest BCUT2D eigenvalue weighted by Gasteiger charge is -2.31. The van der Waals surface area contributed by atoms with E-state index < -0.39 is 0 Å². The highest BCUT2D eigenvalue weighted by molar-refractivity contribution is 5.90. The highest BCUT2D eigenvalue weighted by Gasteiger charge is 2.69. The molecule has 1 aromatic carbocycles. The van der Waals surface area contributed by atoms with Gasteiger partial charge in [0, 0.05) is 24.8 Å². The molecule has 2 unspecified atom stereocenters. The Bertz CT molecular complexity index is 590. The first kappa shape index (κ1) is 16.1. The van der Waals surface area contributed by atoms with E-state index in [2.05, 4.69) is 10.6 Å². The fourth-order valence-electron chi connectivity index (χ4n) is 3.28. The lowest BCUT2D eigenvalue weighted by Crippen LogP contribution is -2.52. The summed E-state index contributed by atoms with van der Waals surface area (Å²) in [5, 5.41) is 5.98. The first-order chi connectivity index (χ1) is 11.0. The maximum Gasteiger partial charge on any atom is 0.319 e. The van der Waals surface area contributed by atoms with Gasteiger partial charge in [0.15, 0.2) is 0 Å². The first-order valence-electron chi connectivity index (χ1n) is 7.92. The summed E-state index contributed by atoms with van der Waals surface area (Å²) in [6, 6.07) is 7.12. The van der Waals surface area contributed by atoms with Gasteiger partial charge in [-0.05, 0) is 32.4 Å². The Labute approximate surface area is 136 Å². The van der Waals surface area contributed by atoms with Crippen molar-refractivity contribution in [2.75, 3.05) is 32.2 Å². The average Bonchev–Trinajstić information content (AvgIpc) is 3.15. The number of rotatable bonds is 6. The standard InChI is InChI=1S/C17H24N2O4/c1-16(2)17(10-12(17)11-23-16)19-15(20)18-13-5-4-6-14(9-13)22-8-7-21-3/h4-6,9,12H,7-8,10-11H2,1-3H3,(H2,18,19,20). The van der Waals surface area contributed by atoms with E-state index in [1.807, 2.05) is 32.0 Å². The average molecular weight is 320 g/mol. The summed E-state index contributed by atoms with van der Waals surface area (Å²) in [7, 11) is 1.63. The number of hydrogen-bond acceptors (Lipinski definition) is 4. The van der Waals surface area contributed by atoms with Crippen LogP contribution in [0.25, 0.3) is 0 Å². The van der Waals surface area contributed by atoms with Crippen LogP contribution in [0.2, 0.25) is 0 Å². The van der Waals surface area contributed by atoms with Gasteiger partial charge in [0.25, 0.3) is 0 Å². The van der Waals surface area contributed by atoms with E-state index in [9.17, 15) is 4.79 Å². The lowest BCUT2D eigenvalue weighted by atomic mass is 9.96. The van der Waals surface area contributed by atoms with E-state index in [1.54, 1.807) is 13.2 Å². The Morgan fingerprint density at radius 1 is 1.39 bits per heavy atom. The number of amides is 2. The molecule has 1 saturated carbocycles. The van der Waals surface area contributed by atoms with Gasteiger partial charge >= 0.3 is 6.03 Å². The highest BCUT2D eigenvalue weighted by atomic mass is 16.5. The summed E-state index contributed by atoms with van der Waals surface area (Å²) in [4.78, 5) is 12.3. The van der Waals surface area contributed by atoms with E-state index in [4.69, 9.17) is 14.2 Å². The Hall–Kier alpha value is -1.79. The van der Waals surface area contributed by atoms with Gasteiger partial charge in [-0.25, -0.2) is 4.79 Å². The van der Waals surface area contributed by atoms with Gasteiger partial charge in [-0.1, -0.05) is 6.07 Å². The monoisotopic (exact) mass is 320 g/mol. The van der Waals surface area contributed by atoms with Crippen LogP contribution in [-0.4, -0.2) is 44.1 Å². The summed E-state index contributed by atoms with van der Waals surface area (Å²) in [6.07, 6.45) is 0.980. The Morgan fingerprint density at radius 3 is 2.87 bits per heavy atom. The van der Waals surface area contributed by atoms with E-state index in [0.717, 1.165) is 13.0 Å². The van der Waals surface area contributed by atoms with Gasteiger partial charge in [0.1, 0.15) is 12.4 Å². The van der Waals surface area contributed by atoms with E-state index in [1.165, 1.54) is 0 Å². The van der Waals surface area contributed by atoms with Crippen molar-refractivity contribution in [3.8, 4) is 5.75 Å². The van der Waals surface area contributed by atoms with Crippen molar-refractivity contribution in [3.63, 3.8) is 0 Å². The Balaban J connectivity index is 1.57. The van der Waals surface area contributed by atoms with Gasteiger partial charge in [0.05, 0.1) is 24.4 Å². The van der Waals surface area contributed by atoms with Crippen molar-refractivity contribution in [3.05, 3.63) is 24.3 Å². The molecule has 2 aliphatic rings. The quantitative estimate of drug-likeness (QED) is 0.790. The summed E-state index contributed by atoms with van der Waals surface area (Å²) in [5.74, 6) is 1.12. The smallest absolute Gasteiger partial charge is 0.319 e. The number of hydrogen-bond donors (Lipinski definition) is 2. The zero-order chi connectivity index (χ0) is 16.5. The largest absolute Gasteiger partial charge is 0.491 e. The molecule has 1 heterocycles. The molecular weight excluding hydrogens is 296 g/mol. The van der Waals surface area contributed by atoms with Crippen LogP contribution in [0.15, 0.2) is 24.3 Å². The predicted molar refractivity (Wildman–Crippen MR) is 86.8 cm³/mol. The fraction of sp³-hybridized carbons (Fsp3) is 0.588. The van der Waals surface area contributed by atoms with Gasteiger partial charge in [0.2, 0.25) is 0 Å². The number of anilines is 1. The number of carbonyl (C=O) groups excluding carboxylic acids is 1. The van der Waals surface area contributed by atoms with Crippen LogP contribution in [0.4, 0.5) is 10.5 Å². The number of methoxy groups -OCH3 is 1. The number of ether oxygens (including phenoxy) is 3. The number of fused-ring (bicyclic) bond motifs is 1. The second-order valence-electron chi connectivity index (χ2n) is 6.64. The molecule has 3 rings (SSSR count). The highest BCUT2D eigenvalue weighted by Crippen LogP contribution is 2.57. The van der Waals surface area contributed by atoms with Crippen molar-refractivity contribution < 1.29 is 19.0 Å². The van der Waals surface area contributed by atoms with Gasteiger partial charge in [-0.15, -0.1) is 0 Å². The molecule has 0 spiro atoms.